The van der Waals surface area contributed by atoms with Crippen molar-refractivity contribution in [3.05, 3.63) is 11.7 Å². The quantitative estimate of drug-likeness (QED) is 0.802. The topological polar surface area (TPSA) is 88.2 Å². The number of carbonyl (C=O) groups is 1. The van der Waals surface area contributed by atoms with E-state index in [1.165, 1.54) is 0 Å². The van der Waals surface area contributed by atoms with Crippen LogP contribution in [0.3, 0.4) is 0 Å². The normalized spacial score (nSPS) is 22.6. The summed E-state index contributed by atoms with van der Waals surface area (Å²) in [5.74, 6) is 1.68. The maximum atomic E-state index is 10.9. The van der Waals surface area contributed by atoms with Crippen molar-refractivity contribution < 1.29 is 14.4 Å². The van der Waals surface area contributed by atoms with Gasteiger partial charge in [0.2, 0.25) is 5.89 Å². The SMILES string of the molecule is CC(C)Cc1nc(CNCC2CCC(C(=O)O)CC2)no1. The van der Waals surface area contributed by atoms with Gasteiger partial charge in [0.1, 0.15) is 0 Å². The fourth-order valence-electron chi connectivity index (χ4n) is 2.80. The maximum Gasteiger partial charge on any atom is 0.306 e. The molecule has 0 aromatic carbocycles. The van der Waals surface area contributed by atoms with E-state index in [0.717, 1.165) is 38.6 Å². The zero-order valence-corrected chi connectivity index (χ0v) is 12.8. The lowest BCUT2D eigenvalue weighted by molar-refractivity contribution is -0.143. The molecule has 2 N–H and O–H groups in total. The Bertz CT molecular complexity index is 451. The molecule has 118 valence electrons. The molecule has 1 saturated carbocycles. The molecule has 1 fully saturated rings. The molecule has 0 unspecified atom stereocenters. The summed E-state index contributed by atoms with van der Waals surface area (Å²) in [6.07, 6.45) is 4.36. The summed E-state index contributed by atoms with van der Waals surface area (Å²) >= 11 is 0. The largest absolute Gasteiger partial charge is 0.481 e. The van der Waals surface area contributed by atoms with Gasteiger partial charge >= 0.3 is 5.97 Å². The molecule has 0 radical (unpaired) electrons. The number of carboxylic acids is 1. The molecule has 0 aliphatic heterocycles. The monoisotopic (exact) mass is 295 g/mol. The molecule has 1 aromatic rings. The van der Waals surface area contributed by atoms with Crippen molar-refractivity contribution in [2.24, 2.45) is 17.8 Å². The number of aliphatic carboxylic acids is 1. The van der Waals surface area contributed by atoms with Gasteiger partial charge in [-0.2, -0.15) is 4.98 Å². The van der Waals surface area contributed by atoms with E-state index in [-0.39, 0.29) is 5.92 Å². The van der Waals surface area contributed by atoms with E-state index < -0.39 is 5.97 Å². The molecule has 0 bridgehead atoms. The lowest BCUT2D eigenvalue weighted by Gasteiger charge is -2.26. The van der Waals surface area contributed by atoms with Crippen LogP contribution < -0.4 is 5.32 Å². The lowest BCUT2D eigenvalue weighted by atomic mass is 9.82. The Morgan fingerprint density at radius 2 is 2.10 bits per heavy atom. The van der Waals surface area contributed by atoms with E-state index in [1.54, 1.807) is 0 Å². The van der Waals surface area contributed by atoms with Gasteiger partial charge in [0.25, 0.3) is 0 Å². The van der Waals surface area contributed by atoms with Gasteiger partial charge in [-0.05, 0) is 44.1 Å². The Balaban J connectivity index is 1.66. The Morgan fingerprint density at radius 1 is 1.38 bits per heavy atom. The summed E-state index contributed by atoms with van der Waals surface area (Å²) in [5, 5.41) is 16.3. The number of aromatic nitrogens is 2. The second-order valence-corrected chi connectivity index (χ2v) is 6.39. The summed E-state index contributed by atoms with van der Waals surface area (Å²) in [4.78, 5) is 15.2. The summed E-state index contributed by atoms with van der Waals surface area (Å²) in [7, 11) is 0. The van der Waals surface area contributed by atoms with E-state index in [9.17, 15) is 4.79 Å². The Labute approximate surface area is 125 Å². The van der Waals surface area contributed by atoms with Crippen molar-refractivity contribution in [2.45, 2.75) is 52.5 Å². The number of carboxylic acid groups (broad SMARTS) is 1. The summed E-state index contributed by atoms with van der Waals surface area (Å²) in [6.45, 7) is 5.74. The average Bonchev–Trinajstić information content (AvgIpc) is 2.86. The number of nitrogens with zero attached hydrogens (tertiary/aromatic N) is 2. The molecular weight excluding hydrogens is 270 g/mol. The highest BCUT2D eigenvalue weighted by Gasteiger charge is 2.25. The standard InChI is InChI=1S/C15H25N3O3/c1-10(2)7-14-17-13(18-21-14)9-16-8-11-3-5-12(6-4-11)15(19)20/h10-12,16H,3-9H2,1-2H3,(H,19,20). The molecule has 0 saturated heterocycles. The van der Waals surface area contributed by atoms with Gasteiger partial charge in [-0.15, -0.1) is 0 Å². The first-order valence-corrected chi connectivity index (χ1v) is 7.79. The summed E-state index contributed by atoms with van der Waals surface area (Å²) in [5.41, 5.74) is 0. The zero-order valence-electron chi connectivity index (χ0n) is 12.8. The van der Waals surface area contributed by atoms with Crippen LogP contribution in [0.5, 0.6) is 0 Å². The van der Waals surface area contributed by atoms with E-state index in [1.807, 2.05) is 0 Å². The predicted molar refractivity (Wildman–Crippen MR) is 77.6 cm³/mol. The van der Waals surface area contributed by atoms with Gasteiger partial charge < -0.3 is 14.9 Å². The molecule has 0 amide bonds. The third kappa shape index (κ3) is 5.12. The minimum atomic E-state index is -0.647. The molecule has 6 nitrogen and oxygen atoms in total. The first kappa shape index (κ1) is 15.9. The van der Waals surface area contributed by atoms with Crippen LogP contribution in [0, 0.1) is 17.8 Å². The van der Waals surface area contributed by atoms with Crippen LogP contribution in [0.2, 0.25) is 0 Å². The van der Waals surface area contributed by atoms with E-state index >= 15 is 0 Å². The highest BCUT2D eigenvalue weighted by atomic mass is 16.5. The van der Waals surface area contributed by atoms with Gasteiger partial charge in [-0.25, -0.2) is 0 Å². The van der Waals surface area contributed by atoms with Gasteiger partial charge in [-0.3, -0.25) is 4.79 Å². The molecule has 6 heteroatoms. The van der Waals surface area contributed by atoms with Gasteiger partial charge in [0.15, 0.2) is 5.82 Å². The Morgan fingerprint density at radius 3 is 2.71 bits per heavy atom. The molecule has 0 atom stereocenters. The lowest BCUT2D eigenvalue weighted by Crippen LogP contribution is -2.28. The minimum absolute atomic E-state index is 0.142. The second kappa shape index (κ2) is 7.54. The molecule has 1 heterocycles. The summed E-state index contributed by atoms with van der Waals surface area (Å²) in [6, 6.07) is 0. The van der Waals surface area contributed by atoms with Crippen molar-refractivity contribution in [1.82, 2.24) is 15.5 Å². The zero-order chi connectivity index (χ0) is 15.2. The van der Waals surface area contributed by atoms with Crippen molar-refractivity contribution >= 4 is 5.97 Å². The Kier molecular flexibility index (Phi) is 5.73. The van der Waals surface area contributed by atoms with Crippen LogP contribution >= 0.6 is 0 Å². The number of hydrogen-bond acceptors (Lipinski definition) is 5. The van der Waals surface area contributed by atoms with E-state index in [0.29, 0.717) is 30.1 Å². The molecule has 2 rings (SSSR count). The summed E-state index contributed by atoms with van der Waals surface area (Å²) < 4.78 is 5.19. The maximum absolute atomic E-state index is 10.9. The molecule has 1 aliphatic carbocycles. The van der Waals surface area contributed by atoms with Crippen molar-refractivity contribution in [1.29, 1.82) is 0 Å². The smallest absolute Gasteiger partial charge is 0.306 e. The Hall–Kier alpha value is -1.43. The fourth-order valence-corrected chi connectivity index (χ4v) is 2.80. The van der Waals surface area contributed by atoms with Crippen LogP contribution in [0.4, 0.5) is 0 Å². The number of hydrogen-bond donors (Lipinski definition) is 2. The van der Waals surface area contributed by atoms with E-state index in [2.05, 4.69) is 29.3 Å². The fraction of sp³-hybridized carbons (Fsp3) is 0.800. The highest BCUT2D eigenvalue weighted by Crippen LogP contribution is 2.28. The first-order valence-electron chi connectivity index (χ1n) is 7.79. The van der Waals surface area contributed by atoms with Crippen molar-refractivity contribution in [2.75, 3.05) is 6.54 Å². The predicted octanol–water partition coefficient (Wildman–Crippen LogP) is 2.25. The third-order valence-electron chi connectivity index (χ3n) is 4.01. The van der Waals surface area contributed by atoms with Crippen molar-refractivity contribution in [3.8, 4) is 0 Å². The van der Waals surface area contributed by atoms with Crippen LogP contribution in [-0.2, 0) is 17.8 Å². The molecule has 21 heavy (non-hydrogen) atoms. The minimum Gasteiger partial charge on any atom is -0.481 e. The van der Waals surface area contributed by atoms with Gasteiger partial charge in [0, 0.05) is 6.42 Å². The first-order chi connectivity index (χ1) is 10.0. The van der Waals surface area contributed by atoms with Crippen molar-refractivity contribution in [3.63, 3.8) is 0 Å². The van der Waals surface area contributed by atoms with Gasteiger partial charge in [0.05, 0.1) is 12.5 Å². The van der Waals surface area contributed by atoms with Crippen LogP contribution in [0.1, 0.15) is 51.2 Å². The third-order valence-corrected chi connectivity index (χ3v) is 4.01. The molecule has 1 aromatic heterocycles. The van der Waals surface area contributed by atoms with Crippen LogP contribution in [-0.4, -0.2) is 27.8 Å². The van der Waals surface area contributed by atoms with Crippen LogP contribution in [0.15, 0.2) is 4.52 Å². The second-order valence-electron chi connectivity index (χ2n) is 6.39. The van der Waals surface area contributed by atoms with Crippen LogP contribution in [0.25, 0.3) is 0 Å². The molecule has 1 aliphatic rings. The highest BCUT2D eigenvalue weighted by molar-refractivity contribution is 5.69. The van der Waals surface area contributed by atoms with Gasteiger partial charge in [-0.1, -0.05) is 19.0 Å². The number of nitrogens with one attached hydrogen (secondary N) is 1. The molecular formula is C15H25N3O3. The number of rotatable bonds is 7. The average molecular weight is 295 g/mol. The molecule has 0 spiro atoms. The van der Waals surface area contributed by atoms with E-state index in [4.69, 9.17) is 9.63 Å².